The number of aliphatic hydroxyl groups excluding tert-OH is 1. The van der Waals surface area contributed by atoms with E-state index in [4.69, 9.17) is 5.11 Å². The molecular weight excluding hydrogens is 308 g/mol. The normalized spacial score (nSPS) is 17.8. The molecule has 0 unspecified atom stereocenters. The highest BCUT2D eigenvalue weighted by Gasteiger charge is 2.28. The number of aromatic carboxylic acids is 1. The second kappa shape index (κ2) is 7.11. The van der Waals surface area contributed by atoms with E-state index in [2.05, 4.69) is 14.9 Å². The summed E-state index contributed by atoms with van der Waals surface area (Å²) in [6, 6.07) is 5.08. The summed E-state index contributed by atoms with van der Waals surface area (Å²) >= 11 is 0. The molecule has 24 heavy (non-hydrogen) atoms. The van der Waals surface area contributed by atoms with Gasteiger partial charge < -0.3 is 14.8 Å². The zero-order valence-corrected chi connectivity index (χ0v) is 13.7. The molecule has 7 heteroatoms. The number of aliphatic hydroxyl groups is 1. The topological polar surface area (TPSA) is 91.5 Å². The minimum atomic E-state index is -1.01. The number of imidazole rings is 1. The first-order chi connectivity index (χ1) is 11.5. The van der Waals surface area contributed by atoms with Gasteiger partial charge in [0.1, 0.15) is 17.6 Å². The molecule has 0 amide bonds. The Morgan fingerprint density at radius 2 is 2.12 bits per heavy atom. The Balaban J connectivity index is 1.56. The molecule has 0 aliphatic carbocycles. The van der Waals surface area contributed by atoms with Gasteiger partial charge in [0, 0.05) is 26.0 Å². The quantitative estimate of drug-likeness (QED) is 0.862. The van der Waals surface area contributed by atoms with Crippen molar-refractivity contribution in [2.45, 2.75) is 25.5 Å². The van der Waals surface area contributed by atoms with E-state index in [-0.39, 0.29) is 11.6 Å². The molecule has 2 N–H and O–H groups in total. The van der Waals surface area contributed by atoms with Crippen LogP contribution in [0, 0.1) is 5.92 Å². The zero-order valence-electron chi connectivity index (χ0n) is 13.7. The van der Waals surface area contributed by atoms with E-state index in [0.29, 0.717) is 12.4 Å². The summed E-state index contributed by atoms with van der Waals surface area (Å²) in [6.45, 7) is 2.34. The highest BCUT2D eigenvalue weighted by atomic mass is 16.4. The van der Waals surface area contributed by atoms with Gasteiger partial charge in [-0.3, -0.25) is 4.90 Å². The van der Waals surface area contributed by atoms with Crippen LogP contribution in [0.1, 0.15) is 41.0 Å². The van der Waals surface area contributed by atoms with Gasteiger partial charge in [0.2, 0.25) is 0 Å². The van der Waals surface area contributed by atoms with Gasteiger partial charge in [0.05, 0.1) is 5.69 Å². The number of hydrogen-bond donors (Lipinski definition) is 2. The maximum atomic E-state index is 11.0. The molecule has 0 bridgehead atoms. The lowest BCUT2D eigenvalue weighted by Gasteiger charge is -2.33. The van der Waals surface area contributed by atoms with Crippen molar-refractivity contribution < 1.29 is 15.0 Å². The lowest BCUT2D eigenvalue weighted by Crippen LogP contribution is -2.36. The third-order valence-corrected chi connectivity index (χ3v) is 4.61. The summed E-state index contributed by atoms with van der Waals surface area (Å²) in [5.74, 6) is -0.0984. The van der Waals surface area contributed by atoms with Crippen molar-refractivity contribution in [2.75, 3.05) is 13.1 Å². The van der Waals surface area contributed by atoms with E-state index in [1.54, 1.807) is 12.3 Å². The van der Waals surface area contributed by atoms with Crippen LogP contribution in [-0.4, -0.2) is 48.7 Å². The van der Waals surface area contributed by atoms with Crippen molar-refractivity contribution in [3.8, 4) is 0 Å². The predicted octanol–water partition coefficient (Wildman–Crippen LogP) is 1.46. The Morgan fingerprint density at radius 3 is 2.75 bits per heavy atom. The molecule has 1 saturated heterocycles. The van der Waals surface area contributed by atoms with Gasteiger partial charge in [0.25, 0.3) is 0 Å². The second-order valence-electron chi connectivity index (χ2n) is 6.27. The Morgan fingerprint density at radius 1 is 1.38 bits per heavy atom. The highest BCUT2D eigenvalue weighted by Crippen LogP contribution is 2.30. The molecule has 2 aromatic heterocycles. The van der Waals surface area contributed by atoms with Gasteiger partial charge >= 0.3 is 5.97 Å². The number of pyridine rings is 1. The minimum absolute atomic E-state index is 0.0765. The number of carbonyl (C=O) groups is 1. The number of carboxylic acid groups (broad SMARTS) is 1. The summed E-state index contributed by atoms with van der Waals surface area (Å²) in [4.78, 5) is 21.6. The summed E-state index contributed by atoms with van der Waals surface area (Å²) in [5, 5.41) is 19.5. The van der Waals surface area contributed by atoms with E-state index < -0.39 is 12.1 Å². The van der Waals surface area contributed by atoms with Crippen molar-refractivity contribution in [1.82, 2.24) is 19.4 Å². The molecule has 3 heterocycles. The van der Waals surface area contributed by atoms with E-state index >= 15 is 0 Å². The zero-order chi connectivity index (χ0) is 17.1. The highest BCUT2D eigenvalue weighted by molar-refractivity contribution is 5.85. The number of hydrogen-bond acceptors (Lipinski definition) is 5. The molecule has 128 valence electrons. The van der Waals surface area contributed by atoms with Crippen LogP contribution < -0.4 is 0 Å². The van der Waals surface area contributed by atoms with Crippen LogP contribution in [0.4, 0.5) is 0 Å². The van der Waals surface area contributed by atoms with E-state index in [9.17, 15) is 9.90 Å². The summed E-state index contributed by atoms with van der Waals surface area (Å²) < 4.78 is 1.86. The number of nitrogens with zero attached hydrogens (tertiary/aromatic N) is 4. The van der Waals surface area contributed by atoms with E-state index in [1.165, 1.54) is 6.07 Å². The smallest absolute Gasteiger partial charge is 0.354 e. The monoisotopic (exact) mass is 330 g/mol. The summed E-state index contributed by atoms with van der Waals surface area (Å²) in [5.41, 5.74) is 0.839. The molecule has 2 aromatic rings. The Labute approximate surface area is 140 Å². The van der Waals surface area contributed by atoms with Crippen molar-refractivity contribution in [1.29, 1.82) is 0 Å². The Hall–Kier alpha value is -2.25. The van der Waals surface area contributed by atoms with Crippen LogP contribution >= 0.6 is 0 Å². The maximum absolute atomic E-state index is 11.0. The summed E-state index contributed by atoms with van der Waals surface area (Å²) in [6.07, 6.45) is 4.77. The van der Waals surface area contributed by atoms with Crippen molar-refractivity contribution in [3.63, 3.8) is 0 Å². The van der Waals surface area contributed by atoms with Crippen LogP contribution in [-0.2, 0) is 13.6 Å². The molecule has 3 rings (SSSR count). The number of piperidine rings is 1. The van der Waals surface area contributed by atoms with Gasteiger partial charge in [-0.15, -0.1) is 0 Å². The summed E-state index contributed by atoms with van der Waals surface area (Å²) in [7, 11) is 1.89. The maximum Gasteiger partial charge on any atom is 0.354 e. The van der Waals surface area contributed by atoms with Gasteiger partial charge in [0.15, 0.2) is 0 Å². The van der Waals surface area contributed by atoms with Gasteiger partial charge in [-0.05, 0) is 44.0 Å². The molecule has 7 nitrogen and oxygen atoms in total. The van der Waals surface area contributed by atoms with Crippen molar-refractivity contribution in [3.05, 3.63) is 47.8 Å². The molecule has 1 atom stereocenters. The molecule has 0 spiro atoms. The molecule has 0 saturated carbocycles. The fourth-order valence-electron chi connectivity index (χ4n) is 3.22. The molecular formula is C17H22N4O3. The molecule has 1 aliphatic heterocycles. The van der Waals surface area contributed by atoms with Crippen LogP contribution in [0.25, 0.3) is 0 Å². The fourth-order valence-corrected chi connectivity index (χ4v) is 3.22. The minimum Gasteiger partial charge on any atom is -0.477 e. The third kappa shape index (κ3) is 3.63. The van der Waals surface area contributed by atoms with Gasteiger partial charge in [-0.25, -0.2) is 14.8 Å². The molecule has 1 fully saturated rings. The average Bonchev–Trinajstić information content (AvgIpc) is 3.01. The number of carboxylic acids is 1. The van der Waals surface area contributed by atoms with E-state index in [1.807, 2.05) is 23.9 Å². The SMILES string of the molecule is Cn1ccnc1[C@@H](O)C1CCN(Cc2cccc(C(=O)O)n2)CC1. The molecule has 1 aliphatic rings. The van der Waals surface area contributed by atoms with Crippen molar-refractivity contribution in [2.24, 2.45) is 13.0 Å². The first-order valence-corrected chi connectivity index (χ1v) is 8.11. The van der Waals surface area contributed by atoms with Crippen molar-refractivity contribution >= 4 is 5.97 Å². The van der Waals surface area contributed by atoms with Crippen LogP contribution in [0.2, 0.25) is 0 Å². The Kier molecular flexibility index (Phi) is 4.92. The molecule has 0 aromatic carbocycles. The first-order valence-electron chi connectivity index (χ1n) is 8.11. The standard InChI is InChI=1S/C17H22N4O3/c1-20-10-7-18-16(20)15(22)12-5-8-21(9-6-12)11-13-3-2-4-14(19-13)17(23)24/h2-4,7,10,12,15,22H,5-6,8-9,11H2,1H3,(H,23,24)/t15-/m0/s1. The van der Waals surface area contributed by atoms with Crippen LogP contribution in [0.3, 0.4) is 0 Å². The number of likely N-dealkylation sites (tertiary alicyclic amines) is 1. The van der Waals surface area contributed by atoms with Gasteiger partial charge in [-0.2, -0.15) is 0 Å². The average molecular weight is 330 g/mol. The van der Waals surface area contributed by atoms with Crippen LogP contribution in [0.5, 0.6) is 0 Å². The van der Waals surface area contributed by atoms with Gasteiger partial charge in [-0.1, -0.05) is 6.07 Å². The third-order valence-electron chi connectivity index (χ3n) is 4.61. The Bertz CT molecular complexity index is 707. The first kappa shape index (κ1) is 16.6. The lowest BCUT2D eigenvalue weighted by atomic mass is 9.90. The van der Waals surface area contributed by atoms with Crippen LogP contribution in [0.15, 0.2) is 30.6 Å². The largest absolute Gasteiger partial charge is 0.477 e. The number of aromatic nitrogens is 3. The molecule has 0 radical (unpaired) electrons. The fraction of sp³-hybridized carbons (Fsp3) is 0.471. The number of rotatable bonds is 5. The lowest BCUT2D eigenvalue weighted by molar-refractivity contribution is 0.0488. The van der Waals surface area contributed by atoms with E-state index in [0.717, 1.165) is 31.6 Å². The predicted molar refractivity (Wildman–Crippen MR) is 87.4 cm³/mol. The number of aryl methyl sites for hydroxylation is 1. The second-order valence-corrected chi connectivity index (χ2v) is 6.27.